The van der Waals surface area contributed by atoms with Gasteiger partial charge in [-0.15, -0.1) is 0 Å². The normalized spacial score (nSPS) is 10.5. The van der Waals surface area contributed by atoms with Crippen molar-refractivity contribution in [2.24, 2.45) is 0 Å². The summed E-state index contributed by atoms with van der Waals surface area (Å²) >= 11 is 3.30. The average Bonchev–Trinajstić information content (AvgIpc) is 2.88. The Morgan fingerprint density at radius 2 is 2.19 bits per heavy atom. The van der Waals surface area contributed by atoms with Crippen LogP contribution in [0.4, 0.5) is 10.1 Å². The van der Waals surface area contributed by atoms with Crippen molar-refractivity contribution in [3.05, 3.63) is 58.5 Å². The summed E-state index contributed by atoms with van der Waals surface area (Å²) in [5.41, 5.74) is 2.23. The molecule has 7 heteroatoms. The van der Waals surface area contributed by atoms with E-state index in [0.717, 1.165) is 11.3 Å². The molecule has 0 spiro atoms. The Kier molecular flexibility index (Phi) is 3.54. The Hall–Kier alpha value is -2.46. The molecular formula is C14H9BrFN5. The summed E-state index contributed by atoms with van der Waals surface area (Å²) in [6.07, 6.45) is 5.16. The molecule has 3 aromatic rings. The maximum atomic E-state index is 13.8. The number of halogens is 2. The second kappa shape index (κ2) is 5.50. The quantitative estimate of drug-likeness (QED) is 0.791. The third kappa shape index (κ3) is 2.71. The highest BCUT2D eigenvalue weighted by molar-refractivity contribution is 9.10. The Morgan fingerprint density at radius 1 is 1.33 bits per heavy atom. The fraction of sp³-hybridized carbons (Fsp3) is 0.0714. The first-order valence-electron chi connectivity index (χ1n) is 6.08. The standard InChI is InChI=1S/C14H9BrFN5/c15-13-8-21-10(6-20-14(21)7-19-13)5-18-12-2-1-9(4-17)3-11(12)16/h1-3,6-8,18H,5H2. The van der Waals surface area contributed by atoms with E-state index in [9.17, 15) is 4.39 Å². The van der Waals surface area contributed by atoms with E-state index in [1.165, 1.54) is 6.07 Å². The lowest BCUT2D eigenvalue weighted by Crippen LogP contribution is -2.04. The number of nitriles is 1. The van der Waals surface area contributed by atoms with E-state index in [1.807, 2.05) is 10.5 Å². The minimum atomic E-state index is -0.453. The van der Waals surface area contributed by atoms with Crippen molar-refractivity contribution in [3.63, 3.8) is 0 Å². The zero-order valence-electron chi connectivity index (χ0n) is 10.7. The summed E-state index contributed by atoms with van der Waals surface area (Å²) in [4.78, 5) is 8.32. The molecule has 1 aromatic carbocycles. The summed E-state index contributed by atoms with van der Waals surface area (Å²) < 4.78 is 16.4. The molecule has 0 aliphatic carbocycles. The second-order valence-corrected chi connectivity index (χ2v) is 5.16. The molecule has 0 bridgehead atoms. The zero-order chi connectivity index (χ0) is 14.8. The van der Waals surface area contributed by atoms with Gasteiger partial charge < -0.3 is 5.32 Å². The molecular weight excluding hydrogens is 337 g/mol. The first-order valence-corrected chi connectivity index (χ1v) is 6.87. The molecule has 21 heavy (non-hydrogen) atoms. The summed E-state index contributed by atoms with van der Waals surface area (Å²) in [7, 11) is 0. The second-order valence-electron chi connectivity index (χ2n) is 4.35. The van der Waals surface area contributed by atoms with E-state index in [1.54, 1.807) is 30.7 Å². The van der Waals surface area contributed by atoms with Gasteiger partial charge in [0.05, 0.1) is 42.0 Å². The van der Waals surface area contributed by atoms with Crippen molar-refractivity contribution in [1.82, 2.24) is 14.4 Å². The number of imidazole rings is 1. The minimum absolute atomic E-state index is 0.294. The van der Waals surface area contributed by atoms with Gasteiger partial charge in [-0.1, -0.05) is 0 Å². The molecule has 0 atom stereocenters. The van der Waals surface area contributed by atoms with Crippen molar-refractivity contribution in [3.8, 4) is 6.07 Å². The van der Waals surface area contributed by atoms with Crippen LogP contribution in [0.2, 0.25) is 0 Å². The molecule has 0 saturated heterocycles. The molecule has 0 aliphatic heterocycles. The third-order valence-corrected chi connectivity index (χ3v) is 3.41. The van der Waals surface area contributed by atoms with E-state index in [0.29, 0.717) is 22.4 Å². The van der Waals surface area contributed by atoms with Crippen LogP contribution in [0.5, 0.6) is 0 Å². The van der Waals surface area contributed by atoms with E-state index in [-0.39, 0.29) is 0 Å². The lowest BCUT2D eigenvalue weighted by molar-refractivity contribution is 0.629. The van der Waals surface area contributed by atoms with Crippen LogP contribution < -0.4 is 5.32 Å². The van der Waals surface area contributed by atoms with Crippen molar-refractivity contribution >= 4 is 27.3 Å². The van der Waals surface area contributed by atoms with Gasteiger partial charge in [0.2, 0.25) is 0 Å². The predicted octanol–water partition coefficient (Wildman–Crippen LogP) is 3.11. The number of rotatable bonds is 3. The highest BCUT2D eigenvalue weighted by atomic mass is 79.9. The first kappa shape index (κ1) is 13.5. The summed E-state index contributed by atoms with van der Waals surface area (Å²) in [5, 5.41) is 11.7. The highest BCUT2D eigenvalue weighted by Crippen LogP contribution is 2.17. The van der Waals surface area contributed by atoms with Crippen LogP contribution in [0.15, 0.2) is 41.4 Å². The molecule has 1 N–H and O–H groups in total. The topological polar surface area (TPSA) is 66.0 Å². The van der Waals surface area contributed by atoms with Gasteiger partial charge in [-0.05, 0) is 34.1 Å². The molecule has 0 saturated carbocycles. The van der Waals surface area contributed by atoms with Crippen LogP contribution in [0, 0.1) is 17.1 Å². The summed E-state index contributed by atoms with van der Waals surface area (Å²) in [6, 6.07) is 6.23. The molecule has 2 heterocycles. The molecule has 0 unspecified atom stereocenters. The number of hydrogen-bond acceptors (Lipinski definition) is 4. The smallest absolute Gasteiger partial charge is 0.155 e. The van der Waals surface area contributed by atoms with Gasteiger partial charge in [0, 0.05) is 6.20 Å². The Morgan fingerprint density at radius 3 is 2.95 bits per heavy atom. The van der Waals surface area contributed by atoms with Gasteiger partial charge in [-0.2, -0.15) is 5.26 Å². The van der Waals surface area contributed by atoms with Crippen LogP contribution in [-0.4, -0.2) is 14.4 Å². The number of aromatic nitrogens is 3. The Labute approximate surface area is 128 Å². The van der Waals surface area contributed by atoms with Crippen molar-refractivity contribution in [2.75, 3.05) is 5.32 Å². The van der Waals surface area contributed by atoms with Gasteiger partial charge in [-0.3, -0.25) is 4.40 Å². The van der Waals surface area contributed by atoms with E-state index < -0.39 is 5.82 Å². The first-order chi connectivity index (χ1) is 10.2. The molecule has 3 rings (SSSR count). The lowest BCUT2D eigenvalue weighted by atomic mass is 10.2. The lowest BCUT2D eigenvalue weighted by Gasteiger charge is -2.07. The van der Waals surface area contributed by atoms with Crippen molar-refractivity contribution in [1.29, 1.82) is 5.26 Å². The van der Waals surface area contributed by atoms with Crippen LogP contribution in [0.1, 0.15) is 11.3 Å². The maximum Gasteiger partial charge on any atom is 0.155 e. The molecule has 0 fully saturated rings. The zero-order valence-corrected chi connectivity index (χ0v) is 12.3. The van der Waals surface area contributed by atoms with Crippen molar-refractivity contribution < 1.29 is 4.39 Å². The summed E-state index contributed by atoms with van der Waals surface area (Å²) in [6.45, 7) is 0.403. The number of benzene rings is 1. The number of hydrogen-bond donors (Lipinski definition) is 1. The molecule has 0 amide bonds. The van der Waals surface area contributed by atoms with Gasteiger partial charge in [0.1, 0.15) is 10.4 Å². The van der Waals surface area contributed by atoms with Gasteiger partial charge in [0.25, 0.3) is 0 Å². The number of fused-ring (bicyclic) bond motifs is 1. The highest BCUT2D eigenvalue weighted by Gasteiger charge is 2.07. The molecule has 0 aliphatic rings. The van der Waals surface area contributed by atoms with Crippen LogP contribution >= 0.6 is 15.9 Å². The van der Waals surface area contributed by atoms with Gasteiger partial charge >= 0.3 is 0 Å². The fourth-order valence-electron chi connectivity index (χ4n) is 1.96. The van der Waals surface area contributed by atoms with Crippen LogP contribution in [-0.2, 0) is 6.54 Å². The Bertz CT molecular complexity index is 852. The van der Waals surface area contributed by atoms with E-state index >= 15 is 0 Å². The van der Waals surface area contributed by atoms with Gasteiger partial charge in [0.15, 0.2) is 5.65 Å². The van der Waals surface area contributed by atoms with E-state index in [4.69, 9.17) is 5.26 Å². The monoisotopic (exact) mass is 345 g/mol. The largest absolute Gasteiger partial charge is 0.377 e. The average molecular weight is 346 g/mol. The molecule has 104 valence electrons. The minimum Gasteiger partial charge on any atom is -0.377 e. The number of nitrogens with zero attached hydrogens (tertiary/aromatic N) is 4. The van der Waals surface area contributed by atoms with Crippen LogP contribution in [0.3, 0.4) is 0 Å². The molecule has 2 aromatic heterocycles. The van der Waals surface area contributed by atoms with Crippen molar-refractivity contribution in [2.45, 2.75) is 6.54 Å². The third-order valence-electron chi connectivity index (χ3n) is 3.00. The molecule has 5 nitrogen and oxygen atoms in total. The SMILES string of the molecule is N#Cc1ccc(NCc2cnc3cnc(Br)cn23)c(F)c1. The summed E-state index contributed by atoms with van der Waals surface area (Å²) in [5.74, 6) is -0.453. The number of nitrogens with one attached hydrogen (secondary N) is 1. The predicted molar refractivity (Wildman–Crippen MR) is 79.1 cm³/mol. The van der Waals surface area contributed by atoms with Gasteiger partial charge in [-0.25, -0.2) is 14.4 Å². The number of anilines is 1. The van der Waals surface area contributed by atoms with Crippen LogP contribution in [0.25, 0.3) is 5.65 Å². The van der Waals surface area contributed by atoms with E-state index in [2.05, 4.69) is 31.2 Å². The maximum absolute atomic E-state index is 13.8. The Balaban J connectivity index is 1.84. The fourth-order valence-corrected chi connectivity index (χ4v) is 2.27. The molecule has 0 radical (unpaired) electrons.